The van der Waals surface area contributed by atoms with Crippen LogP contribution < -0.4 is 0 Å². The van der Waals surface area contributed by atoms with Crippen molar-refractivity contribution in [2.75, 3.05) is 0 Å². The van der Waals surface area contributed by atoms with Crippen molar-refractivity contribution < 1.29 is 13.2 Å². The average Bonchev–Trinajstić information content (AvgIpc) is 2.38. The minimum Gasteiger partial charge on any atom is -0.297 e. The second-order valence-corrected chi connectivity index (χ2v) is 5.13. The van der Waals surface area contributed by atoms with Gasteiger partial charge in [-0.25, -0.2) is 8.42 Å². The van der Waals surface area contributed by atoms with Gasteiger partial charge < -0.3 is 0 Å². The molecule has 0 saturated carbocycles. The number of benzene rings is 1. The predicted octanol–water partition coefficient (Wildman–Crippen LogP) is 1.32. The van der Waals surface area contributed by atoms with Crippen LogP contribution in [-0.4, -0.2) is 14.7 Å². The van der Waals surface area contributed by atoms with Gasteiger partial charge in [0.05, 0.1) is 4.90 Å². The summed E-state index contributed by atoms with van der Waals surface area (Å²) in [5.41, 5.74) is 1.46. The third-order valence-electron chi connectivity index (χ3n) is 2.18. The number of aryl methyl sites for hydroxylation is 1. The molecule has 0 aliphatic carbocycles. The van der Waals surface area contributed by atoms with Crippen LogP contribution in [0.25, 0.3) is 6.08 Å². The van der Waals surface area contributed by atoms with Crippen molar-refractivity contribution in [3.63, 3.8) is 0 Å². The van der Waals surface area contributed by atoms with E-state index in [0.29, 0.717) is 11.8 Å². The van der Waals surface area contributed by atoms with Crippen molar-refractivity contribution >= 4 is 22.2 Å². The zero-order valence-corrected chi connectivity index (χ0v) is 8.34. The largest absolute Gasteiger partial charge is 0.297 e. The number of allylic oxidation sites excluding steroid dienone is 1. The maximum absolute atomic E-state index is 11.7. The van der Waals surface area contributed by atoms with E-state index < -0.39 is 9.84 Å². The Labute approximate surface area is 82.0 Å². The lowest BCUT2D eigenvalue weighted by Gasteiger charge is -1.99. The lowest BCUT2D eigenvalue weighted by Crippen LogP contribution is -2.01. The van der Waals surface area contributed by atoms with E-state index in [0.717, 1.165) is 5.56 Å². The summed E-state index contributed by atoms with van der Waals surface area (Å²) in [7, 11) is -3.53. The minimum atomic E-state index is -3.53. The molecule has 0 amide bonds. The average molecular weight is 208 g/mol. The summed E-state index contributed by atoms with van der Waals surface area (Å²) < 4.78 is 23.3. The molecule has 1 aromatic carbocycles. The molecule has 1 aromatic rings. The van der Waals surface area contributed by atoms with Crippen LogP contribution in [0.4, 0.5) is 0 Å². The third-order valence-corrected chi connectivity index (χ3v) is 3.95. The van der Waals surface area contributed by atoms with Gasteiger partial charge in [-0.15, -0.1) is 0 Å². The van der Waals surface area contributed by atoms with Crippen LogP contribution in [0.3, 0.4) is 0 Å². The summed E-state index contributed by atoms with van der Waals surface area (Å²) in [6.45, 7) is 1.81. The molecule has 4 heteroatoms. The molecule has 72 valence electrons. The molecule has 0 aromatic heterocycles. The molecule has 0 fully saturated rings. The number of rotatable bonds is 1. The Bertz CT molecular complexity index is 538. The van der Waals surface area contributed by atoms with Crippen LogP contribution in [0.15, 0.2) is 28.0 Å². The molecule has 0 N–H and O–H groups in total. The highest BCUT2D eigenvalue weighted by molar-refractivity contribution is 7.96. The number of hydrogen-bond donors (Lipinski definition) is 0. The van der Waals surface area contributed by atoms with E-state index in [1.807, 2.05) is 13.0 Å². The van der Waals surface area contributed by atoms with E-state index in [4.69, 9.17) is 0 Å². The Balaban J connectivity index is 2.77. The number of carbonyl (C=O) groups is 1. The summed E-state index contributed by atoms with van der Waals surface area (Å²) in [6, 6.07) is 5.11. The first-order valence-corrected chi connectivity index (χ1v) is 5.56. The number of aldehydes is 1. The molecule has 0 bridgehead atoms. The van der Waals surface area contributed by atoms with E-state index in [9.17, 15) is 13.2 Å². The van der Waals surface area contributed by atoms with Gasteiger partial charge in [-0.05, 0) is 30.2 Å². The molecule has 0 spiro atoms. The molecule has 1 heterocycles. The van der Waals surface area contributed by atoms with Crippen LogP contribution in [0.2, 0.25) is 0 Å². The highest BCUT2D eigenvalue weighted by atomic mass is 32.2. The van der Waals surface area contributed by atoms with E-state index in [1.54, 1.807) is 12.1 Å². The SMILES string of the molecule is Cc1ccc2c(c1)S(=O)(=O)C(C=O)=C2. The molecule has 0 radical (unpaired) electrons. The standard InChI is InChI=1S/C10H8O3S/c1-7-2-3-8-5-9(6-11)14(12,13)10(8)4-7/h2-6H,1H3. The number of hydrogen-bond acceptors (Lipinski definition) is 3. The van der Waals surface area contributed by atoms with Crippen LogP contribution in [-0.2, 0) is 14.6 Å². The van der Waals surface area contributed by atoms with Gasteiger partial charge >= 0.3 is 0 Å². The maximum atomic E-state index is 11.7. The fourth-order valence-corrected chi connectivity index (χ4v) is 2.89. The van der Waals surface area contributed by atoms with Crippen LogP contribution in [0, 0.1) is 6.92 Å². The number of sulfone groups is 1. The Morgan fingerprint density at radius 1 is 1.29 bits per heavy atom. The van der Waals surface area contributed by atoms with Gasteiger partial charge in [-0.3, -0.25) is 4.79 Å². The van der Waals surface area contributed by atoms with E-state index in [2.05, 4.69) is 0 Å². The Kier molecular flexibility index (Phi) is 1.82. The summed E-state index contributed by atoms with van der Waals surface area (Å²) in [5.74, 6) is 0. The number of carbonyl (C=O) groups excluding carboxylic acids is 1. The topological polar surface area (TPSA) is 51.2 Å². The lowest BCUT2D eigenvalue weighted by molar-refractivity contribution is -0.104. The zero-order valence-electron chi connectivity index (χ0n) is 7.52. The zero-order chi connectivity index (χ0) is 10.3. The van der Waals surface area contributed by atoms with Gasteiger partial charge in [-0.2, -0.15) is 0 Å². The summed E-state index contributed by atoms with van der Waals surface area (Å²) in [4.78, 5) is 10.6. The highest BCUT2D eigenvalue weighted by Gasteiger charge is 2.28. The Morgan fingerprint density at radius 2 is 2.00 bits per heavy atom. The maximum Gasteiger partial charge on any atom is 0.210 e. The van der Waals surface area contributed by atoms with Gasteiger partial charge in [0.1, 0.15) is 4.91 Å². The van der Waals surface area contributed by atoms with Gasteiger partial charge in [-0.1, -0.05) is 12.1 Å². The molecular weight excluding hydrogens is 200 g/mol. The third kappa shape index (κ3) is 1.11. The molecule has 14 heavy (non-hydrogen) atoms. The molecular formula is C10H8O3S. The van der Waals surface area contributed by atoms with E-state index >= 15 is 0 Å². The highest BCUT2D eigenvalue weighted by Crippen LogP contribution is 2.31. The van der Waals surface area contributed by atoms with Gasteiger partial charge in [0.25, 0.3) is 0 Å². The quantitative estimate of drug-likeness (QED) is 0.654. The van der Waals surface area contributed by atoms with Crippen molar-refractivity contribution in [3.05, 3.63) is 34.2 Å². The molecule has 3 nitrogen and oxygen atoms in total. The van der Waals surface area contributed by atoms with Crippen LogP contribution in [0.1, 0.15) is 11.1 Å². The first kappa shape index (κ1) is 9.15. The molecule has 2 rings (SSSR count). The first-order valence-electron chi connectivity index (χ1n) is 4.08. The molecule has 0 saturated heterocycles. The molecule has 1 aliphatic rings. The summed E-state index contributed by atoms with van der Waals surface area (Å²) in [6.07, 6.45) is 1.78. The second-order valence-electron chi connectivity index (χ2n) is 3.21. The fraction of sp³-hybridized carbons (Fsp3) is 0.100. The van der Waals surface area contributed by atoms with Crippen molar-refractivity contribution in [1.29, 1.82) is 0 Å². The molecule has 0 unspecified atom stereocenters. The van der Waals surface area contributed by atoms with Gasteiger partial charge in [0.15, 0.2) is 6.29 Å². The van der Waals surface area contributed by atoms with Crippen LogP contribution >= 0.6 is 0 Å². The van der Waals surface area contributed by atoms with Crippen molar-refractivity contribution in [3.8, 4) is 0 Å². The Hall–Kier alpha value is -1.42. The first-order chi connectivity index (χ1) is 6.55. The van der Waals surface area contributed by atoms with Gasteiger partial charge in [0.2, 0.25) is 9.84 Å². The number of fused-ring (bicyclic) bond motifs is 1. The minimum absolute atomic E-state index is 0.155. The molecule has 0 atom stereocenters. The predicted molar refractivity (Wildman–Crippen MR) is 52.4 cm³/mol. The van der Waals surface area contributed by atoms with Crippen LogP contribution in [0.5, 0.6) is 0 Å². The molecule has 1 aliphatic heterocycles. The second kappa shape index (κ2) is 2.78. The van der Waals surface area contributed by atoms with E-state index in [1.165, 1.54) is 6.08 Å². The van der Waals surface area contributed by atoms with Crippen molar-refractivity contribution in [2.45, 2.75) is 11.8 Å². The van der Waals surface area contributed by atoms with E-state index in [-0.39, 0.29) is 9.80 Å². The Morgan fingerprint density at radius 3 is 2.64 bits per heavy atom. The van der Waals surface area contributed by atoms with Gasteiger partial charge in [0, 0.05) is 0 Å². The normalized spacial score (nSPS) is 17.4. The lowest BCUT2D eigenvalue weighted by atomic mass is 10.1. The monoisotopic (exact) mass is 208 g/mol. The summed E-state index contributed by atoms with van der Waals surface area (Å²) in [5, 5.41) is 0. The van der Waals surface area contributed by atoms with Crippen molar-refractivity contribution in [2.24, 2.45) is 0 Å². The van der Waals surface area contributed by atoms with Crippen molar-refractivity contribution in [1.82, 2.24) is 0 Å². The fourth-order valence-electron chi connectivity index (χ4n) is 1.45. The summed E-state index contributed by atoms with van der Waals surface area (Å²) >= 11 is 0. The smallest absolute Gasteiger partial charge is 0.210 e.